The molecule has 2 rings (SSSR count). The maximum absolute atomic E-state index is 11.9. The second-order valence-electron chi connectivity index (χ2n) is 4.27. The van der Waals surface area contributed by atoms with Gasteiger partial charge in [0.05, 0.1) is 11.1 Å². The van der Waals surface area contributed by atoms with Gasteiger partial charge in [-0.3, -0.25) is 14.6 Å². The first-order valence-corrected chi connectivity index (χ1v) is 6.87. The lowest BCUT2D eigenvalue weighted by Gasteiger charge is -2.08. The van der Waals surface area contributed by atoms with Crippen LogP contribution in [0.15, 0.2) is 53.7 Å². The number of rotatable bonds is 5. The highest BCUT2D eigenvalue weighted by atomic mass is 32.1. The van der Waals surface area contributed by atoms with Crippen LogP contribution >= 0.6 is 12.6 Å². The summed E-state index contributed by atoms with van der Waals surface area (Å²) in [6, 6.07) is 10.4. The van der Waals surface area contributed by atoms with Crippen molar-refractivity contribution in [3.05, 3.63) is 59.9 Å². The van der Waals surface area contributed by atoms with Gasteiger partial charge in [0, 0.05) is 30.4 Å². The summed E-state index contributed by atoms with van der Waals surface area (Å²) >= 11 is 4.23. The fourth-order valence-electron chi connectivity index (χ4n) is 1.71. The third kappa shape index (κ3) is 4.32. The van der Waals surface area contributed by atoms with Crippen molar-refractivity contribution < 1.29 is 9.59 Å². The molecular weight excluding hydrogens is 286 g/mol. The summed E-state index contributed by atoms with van der Waals surface area (Å²) in [6.45, 7) is 0.682. The molecule has 2 aromatic rings. The van der Waals surface area contributed by atoms with E-state index in [0.717, 1.165) is 0 Å². The molecule has 0 spiro atoms. The first-order chi connectivity index (χ1) is 10.2. The highest BCUT2D eigenvalue weighted by molar-refractivity contribution is 7.80. The predicted molar refractivity (Wildman–Crippen MR) is 82.6 cm³/mol. The second kappa shape index (κ2) is 7.44. The standard InChI is InChI=1S/C15H15N3O2S/c19-14(11-4-3-7-16-10-11)17-8-9-18-15(20)12-5-1-2-6-13(12)21/h1-7,10,21H,8-9H2,(H,17,19)(H,18,20). The van der Waals surface area contributed by atoms with Gasteiger partial charge in [-0.25, -0.2) is 0 Å². The average molecular weight is 301 g/mol. The molecule has 0 radical (unpaired) electrons. The minimum absolute atomic E-state index is 0.212. The minimum atomic E-state index is -0.216. The van der Waals surface area contributed by atoms with Crippen molar-refractivity contribution >= 4 is 24.4 Å². The van der Waals surface area contributed by atoms with Crippen molar-refractivity contribution in [3.63, 3.8) is 0 Å². The lowest BCUT2D eigenvalue weighted by molar-refractivity contribution is 0.0926. The van der Waals surface area contributed by atoms with Gasteiger partial charge < -0.3 is 10.6 Å². The van der Waals surface area contributed by atoms with Crippen LogP contribution in [-0.4, -0.2) is 29.9 Å². The van der Waals surface area contributed by atoms with Gasteiger partial charge in [-0.15, -0.1) is 12.6 Å². The maximum Gasteiger partial charge on any atom is 0.252 e. The van der Waals surface area contributed by atoms with E-state index in [2.05, 4.69) is 28.2 Å². The molecule has 0 saturated heterocycles. The number of nitrogens with one attached hydrogen (secondary N) is 2. The van der Waals surface area contributed by atoms with Gasteiger partial charge in [0.2, 0.25) is 0 Å². The molecular formula is C15H15N3O2S. The Hall–Kier alpha value is -2.34. The minimum Gasteiger partial charge on any atom is -0.350 e. The summed E-state index contributed by atoms with van der Waals surface area (Å²) in [4.78, 5) is 28.1. The summed E-state index contributed by atoms with van der Waals surface area (Å²) in [6.07, 6.45) is 3.09. The monoisotopic (exact) mass is 301 g/mol. The summed E-state index contributed by atoms with van der Waals surface area (Å²) in [7, 11) is 0. The number of nitrogens with zero attached hydrogens (tertiary/aromatic N) is 1. The van der Waals surface area contributed by atoms with E-state index >= 15 is 0 Å². The van der Waals surface area contributed by atoms with Crippen LogP contribution in [0.5, 0.6) is 0 Å². The smallest absolute Gasteiger partial charge is 0.252 e. The molecule has 2 amide bonds. The van der Waals surface area contributed by atoms with Crippen LogP contribution in [-0.2, 0) is 0 Å². The number of carbonyl (C=O) groups excluding carboxylic acids is 2. The van der Waals surface area contributed by atoms with Gasteiger partial charge in [0.15, 0.2) is 0 Å². The highest BCUT2D eigenvalue weighted by Crippen LogP contribution is 2.12. The molecule has 0 aliphatic heterocycles. The molecule has 0 bridgehead atoms. The number of pyridine rings is 1. The average Bonchev–Trinajstić information content (AvgIpc) is 2.52. The van der Waals surface area contributed by atoms with Crippen LogP contribution in [0.25, 0.3) is 0 Å². The van der Waals surface area contributed by atoms with E-state index in [0.29, 0.717) is 29.1 Å². The van der Waals surface area contributed by atoms with Crippen LogP contribution in [0.3, 0.4) is 0 Å². The van der Waals surface area contributed by atoms with E-state index < -0.39 is 0 Å². The molecule has 0 atom stereocenters. The van der Waals surface area contributed by atoms with E-state index in [4.69, 9.17) is 0 Å². The quantitative estimate of drug-likeness (QED) is 0.579. The number of thiol groups is 1. The first kappa shape index (κ1) is 15.1. The molecule has 1 heterocycles. The van der Waals surface area contributed by atoms with Gasteiger partial charge >= 0.3 is 0 Å². The van der Waals surface area contributed by atoms with Gasteiger partial charge in [-0.2, -0.15) is 0 Å². The molecule has 1 aromatic carbocycles. The van der Waals surface area contributed by atoms with E-state index in [1.807, 2.05) is 6.07 Å². The number of aromatic nitrogens is 1. The normalized spacial score (nSPS) is 9.95. The summed E-state index contributed by atoms with van der Waals surface area (Å²) in [5.41, 5.74) is 1.00. The van der Waals surface area contributed by atoms with Crippen LogP contribution < -0.4 is 10.6 Å². The molecule has 2 N–H and O–H groups in total. The Morgan fingerprint density at radius 1 is 1.00 bits per heavy atom. The van der Waals surface area contributed by atoms with E-state index in [9.17, 15) is 9.59 Å². The number of benzene rings is 1. The summed E-state index contributed by atoms with van der Waals surface area (Å²) in [5.74, 6) is -0.428. The second-order valence-corrected chi connectivity index (χ2v) is 4.75. The van der Waals surface area contributed by atoms with Crippen molar-refractivity contribution in [3.8, 4) is 0 Å². The molecule has 1 aromatic heterocycles. The predicted octanol–water partition coefficient (Wildman–Crippen LogP) is 1.53. The SMILES string of the molecule is O=C(NCCNC(=O)c1ccccc1S)c1cccnc1. The van der Waals surface area contributed by atoms with Gasteiger partial charge in [-0.1, -0.05) is 12.1 Å². The van der Waals surface area contributed by atoms with E-state index in [1.165, 1.54) is 6.20 Å². The van der Waals surface area contributed by atoms with Gasteiger partial charge in [0.1, 0.15) is 0 Å². The Balaban J connectivity index is 1.76. The van der Waals surface area contributed by atoms with Crippen molar-refractivity contribution in [1.29, 1.82) is 0 Å². The van der Waals surface area contributed by atoms with Gasteiger partial charge in [0.25, 0.3) is 11.8 Å². The van der Waals surface area contributed by atoms with Crippen molar-refractivity contribution in [2.24, 2.45) is 0 Å². The number of hydrogen-bond donors (Lipinski definition) is 3. The Kier molecular flexibility index (Phi) is 5.34. The zero-order chi connectivity index (χ0) is 15.1. The fourth-order valence-corrected chi connectivity index (χ4v) is 1.97. The third-order valence-corrected chi connectivity index (χ3v) is 3.16. The lowest BCUT2D eigenvalue weighted by atomic mass is 10.2. The summed E-state index contributed by atoms with van der Waals surface area (Å²) < 4.78 is 0. The number of amides is 2. The Labute approximate surface area is 128 Å². The Morgan fingerprint density at radius 2 is 1.71 bits per heavy atom. The van der Waals surface area contributed by atoms with E-state index in [-0.39, 0.29) is 11.8 Å². The molecule has 0 saturated carbocycles. The largest absolute Gasteiger partial charge is 0.350 e. The molecule has 6 heteroatoms. The summed E-state index contributed by atoms with van der Waals surface area (Å²) in [5, 5.41) is 5.44. The van der Waals surface area contributed by atoms with Crippen molar-refractivity contribution in [1.82, 2.24) is 15.6 Å². The van der Waals surface area contributed by atoms with Gasteiger partial charge in [-0.05, 0) is 24.3 Å². The zero-order valence-electron chi connectivity index (χ0n) is 11.2. The van der Waals surface area contributed by atoms with Crippen molar-refractivity contribution in [2.75, 3.05) is 13.1 Å². The number of carbonyl (C=O) groups is 2. The highest BCUT2D eigenvalue weighted by Gasteiger charge is 2.08. The van der Waals surface area contributed by atoms with Crippen LogP contribution in [0, 0.1) is 0 Å². The lowest BCUT2D eigenvalue weighted by Crippen LogP contribution is -2.34. The topological polar surface area (TPSA) is 71.1 Å². The Bertz CT molecular complexity index is 632. The van der Waals surface area contributed by atoms with Crippen LogP contribution in [0.1, 0.15) is 20.7 Å². The fraction of sp³-hybridized carbons (Fsp3) is 0.133. The molecule has 0 aliphatic carbocycles. The molecule has 0 unspecified atom stereocenters. The van der Waals surface area contributed by atoms with Crippen LogP contribution in [0.2, 0.25) is 0 Å². The first-order valence-electron chi connectivity index (χ1n) is 6.43. The molecule has 0 fully saturated rings. The Morgan fingerprint density at radius 3 is 2.38 bits per heavy atom. The maximum atomic E-state index is 11.9. The van der Waals surface area contributed by atoms with Crippen LogP contribution in [0.4, 0.5) is 0 Å². The van der Waals surface area contributed by atoms with E-state index in [1.54, 1.807) is 36.5 Å². The molecule has 5 nitrogen and oxygen atoms in total. The molecule has 21 heavy (non-hydrogen) atoms. The third-order valence-electron chi connectivity index (χ3n) is 2.77. The zero-order valence-corrected chi connectivity index (χ0v) is 12.1. The molecule has 0 aliphatic rings. The molecule has 108 valence electrons. The number of hydrogen-bond acceptors (Lipinski definition) is 4. The van der Waals surface area contributed by atoms with Crippen molar-refractivity contribution in [2.45, 2.75) is 4.90 Å².